The van der Waals surface area contributed by atoms with Gasteiger partial charge in [-0.3, -0.25) is 14.5 Å². The van der Waals surface area contributed by atoms with Crippen LogP contribution in [-0.2, 0) is 9.59 Å². The smallest absolute Gasteiger partial charge is 0.236 e. The Morgan fingerprint density at radius 3 is 2.57 bits per heavy atom. The molecule has 2 heterocycles. The minimum absolute atomic E-state index is 0.0389. The lowest BCUT2D eigenvalue weighted by molar-refractivity contribution is -0.121. The van der Waals surface area contributed by atoms with Gasteiger partial charge >= 0.3 is 0 Å². The van der Waals surface area contributed by atoms with Crippen molar-refractivity contribution in [2.75, 3.05) is 11.4 Å². The molecule has 5 nitrogen and oxygen atoms in total. The largest absolute Gasteiger partial charge is 0.297 e. The van der Waals surface area contributed by atoms with Crippen LogP contribution in [0.25, 0.3) is 0 Å². The van der Waals surface area contributed by atoms with Gasteiger partial charge in [-0.15, -0.1) is 0 Å². The zero-order valence-electron chi connectivity index (χ0n) is 7.11. The summed E-state index contributed by atoms with van der Waals surface area (Å²) in [6, 6.07) is 0. The Bertz CT molecular complexity index is 407. The monoisotopic (exact) mass is 211 g/mol. The normalized spacial score (nSPS) is 16.5. The molecule has 0 aromatic carbocycles. The third-order valence-electron chi connectivity index (χ3n) is 1.88. The highest BCUT2D eigenvalue weighted by Gasteiger charge is 2.30. The van der Waals surface area contributed by atoms with Gasteiger partial charge in [-0.05, 0) is 0 Å². The van der Waals surface area contributed by atoms with Gasteiger partial charge < -0.3 is 0 Å². The maximum Gasteiger partial charge on any atom is 0.236 e. The Balaban J connectivity index is 2.36. The maximum atomic E-state index is 11.3. The quantitative estimate of drug-likeness (QED) is 0.633. The molecule has 6 heteroatoms. The maximum absolute atomic E-state index is 11.3. The van der Waals surface area contributed by atoms with E-state index in [1.165, 1.54) is 17.3 Å². The molecule has 0 radical (unpaired) electrons. The molecule has 1 aliphatic heterocycles. The molecule has 1 aromatic rings. The van der Waals surface area contributed by atoms with Gasteiger partial charge in [0, 0.05) is 12.4 Å². The zero-order valence-corrected chi connectivity index (χ0v) is 7.86. The van der Waals surface area contributed by atoms with Crippen molar-refractivity contribution in [3.63, 3.8) is 0 Å². The Morgan fingerprint density at radius 2 is 2.00 bits per heavy atom. The highest BCUT2D eigenvalue weighted by Crippen LogP contribution is 2.23. The fraction of sp³-hybridized carbons (Fsp3) is 0.250. The second-order valence-corrected chi connectivity index (χ2v) is 3.22. The molecule has 1 saturated heterocycles. The first-order valence-corrected chi connectivity index (χ1v) is 4.35. The Labute approximate surface area is 84.7 Å². The molecule has 2 rings (SSSR count). The van der Waals surface area contributed by atoms with Crippen LogP contribution in [0.3, 0.4) is 0 Å². The number of carbonyl (C=O) groups is 2. The predicted molar refractivity (Wildman–Crippen MR) is 49.0 cm³/mol. The number of Topliss-reactive ketones (excluding diaryl/α,β-unsaturated/α-hetero) is 1. The van der Waals surface area contributed by atoms with Crippen molar-refractivity contribution in [2.24, 2.45) is 0 Å². The Kier molecular flexibility index (Phi) is 2.17. The first kappa shape index (κ1) is 9.08. The molecular formula is C8H6ClN3O2. The number of halogens is 1. The summed E-state index contributed by atoms with van der Waals surface area (Å²) in [6.45, 7) is 0.0389. The van der Waals surface area contributed by atoms with Gasteiger partial charge in [-0.2, -0.15) is 0 Å². The number of amides is 1. The second-order valence-electron chi connectivity index (χ2n) is 2.87. The van der Waals surface area contributed by atoms with Crippen LogP contribution < -0.4 is 4.90 Å². The molecule has 0 aliphatic carbocycles. The van der Waals surface area contributed by atoms with Crippen LogP contribution in [0, 0.1) is 0 Å². The third kappa shape index (κ3) is 1.46. The van der Waals surface area contributed by atoms with E-state index in [1.807, 2.05) is 0 Å². The highest BCUT2D eigenvalue weighted by atomic mass is 35.5. The number of hydrogen-bond donors (Lipinski definition) is 0. The van der Waals surface area contributed by atoms with E-state index in [-0.39, 0.29) is 35.6 Å². The van der Waals surface area contributed by atoms with E-state index in [0.717, 1.165) is 0 Å². The highest BCUT2D eigenvalue weighted by molar-refractivity contribution is 6.32. The van der Waals surface area contributed by atoms with Gasteiger partial charge in [0.1, 0.15) is 0 Å². The summed E-state index contributed by atoms with van der Waals surface area (Å²) in [5.74, 6) is -0.154. The summed E-state index contributed by atoms with van der Waals surface area (Å²) < 4.78 is 0. The van der Waals surface area contributed by atoms with Crippen LogP contribution in [0.4, 0.5) is 5.82 Å². The molecule has 0 bridgehead atoms. The van der Waals surface area contributed by atoms with Gasteiger partial charge in [0.05, 0.1) is 13.0 Å². The molecule has 1 amide bonds. The number of rotatable bonds is 1. The fourth-order valence-corrected chi connectivity index (χ4v) is 1.48. The lowest BCUT2D eigenvalue weighted by Crippen LogP contribution is -2.26. The van der Waals surface area contributed by atoms with Crippen molar-refractivity contribution in [1.82, 2.24) is 9.97 Å². The predicted octanol–water partition coefficient (Wildman–Crippen LogP) is 0.436. The summed E-state index contributed by atoms with van der Waals surface area (Å²) in [6.07, 6.45) is 2.78. The van der Waals surface area contributed by atoms with Gasteiger partial charge in [0.2, 0.25) is 5.91 Å². The van der Waals surface area contributed by atoms with Crippen LogP contribution >= 0.6 is 11.6 Å². The third-order valence-corrected chi connectivity index (χ3v) is 2.14. The topological polar surface area (TPSA) is 63.2 Å². The van der Waals surface area contributed by atoms with Crippen LogP contribution in [0.15, 0.2) is 12.4 Å². The molecular weight excluding hydrogens is 206 g/mol. The van der Waals surface area contributed by atoms with E-state index in [9.17, 15) is 9.59 Å². The van der Waals surface area contributed by atoms with Crippen molar-refractivity contribution in [1.29, 1.82) is 0 Å². The Morgan fingerprint density at radius 1 is 1.29 bits per heavy atom. The summed E-state index contributed by atoms with van der Waals surface area (Å²) in [4.78, 5) is 31.2. The molecule has 0 spiro atoms. The molecule has 72 valence electrons. The van der Waals surface area contributed by atoms with Crippen LogP contribution in [0.2, 0.25) is 5.15 Å². The van der Waals surface area contributed by atoms with Crippen molar-refractivity contribution in [3.8, 4) is 0 Å². The van der Waals surface area contributed by atoms with Gasteiger partial charge in [0.25, 0.3) is 0 Å². The summed E-state index contributed by atoms with van der Waals surface area (Å²) in [7, 11) is 0. The van der Waals surface area contributed by atoms with Gasteiger partial charge in [-0.1, -0.05) is 11.6 Å². The molecule has 1 aromatic heterocycles. The van der Waals surface area contributed by atoms with Gasteiger partial charge in [-0.25, -0.2) is 9.97 Å². The number of hydrogen-bond acceptors (Lipinski definition) is 4. The van der Waals surface area contributed by atoms with Crippen molar-refractivity contribution in [2.45, 2.75) is 6.42 Å². The van der Waals surface area contributed by atoms with E-state index in [1.54, 1.807) is 0 Å². The second kappa shape index (κ2) is 3.34. The zero-order chi connectivity index (χ0) is 10.1. The summed E-state index contributed by atoms with van der Waals surface area (Å²) in [5.41, 5.74) is 0. The van der Waals surface area contributed by atoms with Crippen molar-refractivity contribution < 1.29 is 9.59 Å². The first-order valence-electron chi connectivity index (χ1n) is 3.97. The number of carbonyl (C=O) groups excluding carboxylic acids is 2. The van der Waals surface area contributed by atoms with E-state index in [4.69, 9.17) is 11.6 Å². The number of nitrogens with zero attached hydrogens (tertiary/aromatic N) is 3. The van der Waals surface area contributed by atoms with E-state index in [2.05, 4.69) is 9.97 Å². The molecule has 14 heavy (non-hydrogen) atoms. The van der Waals surface area contributed by atoms with Crippen LogP contribution in [-0.4, -0.2) is 28.2 Å². The first-order chi connectivity index (χ1) is 6.68. The molecule has 0 saturated carbocycles. The standard InChI is InChI=1S/C8H6ClN3O2/c9-7-8(11-2-1-10-7)12-4-5(13)3-6(12)14/h1-2H,3-4H2. The van der Waals surface area contributed by atoms with E-state index >= 15 is 0 Å². The SMILES string of the molecule is O=C1CC(=O)N(c2nccnc2Cl)C1. The molecule has 0 unspecified atom stereocenters. The molecule has 0 N–H and O–H groups in total. The lowest BCUT2D eigenvalue weighted by atomic mass is 10.3. The van der Waals surface area contributed by atoms with Crippen molar-refractivity contribution >= 4 is 29.1 Å². The minimum Gasteiger partial charge on any atom is -0.297 e. The molecule has 1 fully saturated rings. The number of anilines is 1. The molecule has 0 atom stereocenters. The van der Waals surface area contributed by atoms with Crippen LogP contribution in [0.1, 0.15) is 6.42 Å². The fourth-order valence-electron chi connectivity index (χ4n) is 1.27. The lowest BCUT2D eigenvalue weighted by Gasteiger charge is -2.13. The summed E-state index contributed by atoms with van der Waals surface area (Å²) in [5, 5.41) is 0.135. The average Bonchev–Trinajstić information content (AvgIpc) is 2.46. The number of ketones is 1. The Hall–Kier alpha value is -1.49. The summed E-state index contributed by atoms with van der Waals surface area (Å²) >= 11 is 5.74. The van der Waals surface area contributed by atoms with E-state index in [0.29, 0.717) is 0 Å². The minimum atomic E-state index is -0.280. The number of aromatic nitrogens is 2. The van der Waals surface area contributed by atoms with Crippen molar-refractivity contribution in [3.05, 3.63) is 17.5 Å². The van der Waals surface area contributed by atoms with E-state index < -0.39 is 0 Å². The average molecular weight is 212 g/mol. The molecule has 1 aliphatic rings. The van der Waals surface area contributed by atoms with Gasteiger partial charge in [0.15, 0.2) is 16.8 Å². The van der Waals surface area contributed by atoms with Crippen LogP contribution in [0.5, 0.6) is 0 Å².